The van der Waals surface area contributed by atoms with Crippen LogP contribution in [-0.2, 0) is 6.54 Å². The third-order valence-electron chi connectivity index (χ3n) is 1.53. The lowest BCUT2D eigenvalue weighted by Crippen LogP contribution is -2.35. The van der Waals surface area contributed by atoms with E-state index in [1.165, 1.54) is 6.20 Å². The standard InChI is InChI=1S/C9H14N2O3/c1-9(2,3)11-5-7-10-4-6(14-7)8(12)13/h4,11H,5H2,1-3H3,(H,12,13). The zero-order chi connectivity index (χ0) is 10.8. The van der Waals surface area contributed by atoms with Gasteiger partial charge in [0.1, 0.15) is 0 Å². The molecule has 0 amide bonds. The molecule has 2 N–H and O–H groups in total. The number of aromatic carboxylic acids is 1. The zero-order valence-electron chi connectivity index (χ0n) is 8.50. The molecule has 0 aromatic carbocycles. The van der Waals surface area contributed by atoms with E-state index in [1.807, 2.05) is 20.8 Å². The first-order chi connectivity index (χ1) is 6.38. The largest absolute Gasteiger partial charge is 0.475 e. The number of rotatable bonds is 3. The van der Waals surface area contributed by atoms with Crippen LogP contribution in [0.15, 0.2) is 10.6 Å². The third-order valence-corrected chi connectivity index (χ3v) is 1.53. The molecule has 5 nitrogen and oxygen atoms in total. The van der Waals surface area contributed by atoms with E-state index in [1.54, 1.807) is 0 Å². The molecule has 0 fully saturated rings. The Morgan fingerprint density at radius 2 is 2.29 bits per heavy atom. The molecular formula is C9H14N2O3. The molecule has 1 rings (SSSR count). The number of carbonyl (C=O) groups is 1. The molecule has 0 bridgehead atoms. The Labute approximate surface area is 82.1 Å². The average Bonchev–Trinajstić information content (AvgIpc) is 2.47. The van der Waals surface area contributed by atoms with E-state index in [2.05, 4.69) is 10.3 Å². The summed E-state index contributed by atoms with van der Waals surface area (Å²) < 4.78 is 4.97. The monoisotopic (exact) mass is 198 g/mol. The van der Waals surface area contributed by atoms with Crippen molar-refractivity contribution >= 4 is 5.97 Å². The highest BCUT2D eigenvalue weighted by Gasteiger charge is 2.13. The van der Waals surface area contributed by atoms with Gasteiger partial charge in [-0.25, -0.2) is 9.78 Å². The normalized spacial score (nSPS) is 11.6. The number of oxazole rings is 1. The van der Waals surface area contributed by atoms with Gasteiger partial charge in [0.25, 0.3) is 0 Å². The van der Waals surface area contributed by atoms with Gasteiger partial charge in [-0.2, -0.15) is 0 Å². The van der Waals surface area contributed by atoms with E-state index in [0.717, 1.165) is 0 Å². The second-order valence-electron chi connectivity index (χ2n) is 4.03. The van der Waals surface area contributed by atoms with Gasteiger partial charge in [-0.05, 0) is 20.8 Å². The van der Waals surface area contributed by atoms with Crippen molar-refractivity contribution in [2.24, 2.45) is 0 Å². The highest BCUT2D eigenvalue weighted by atomic mass is 16.4. The van der Waals surface area contributed by atoms with Crippen LogP contribution < -0.4 is 5.32 Å². The molecule has 0 atom stereocenters. The number of carboxylic acid groups (broad SMARTS) is 1. The highest BCUT2D eigenvalue weighted by Crippen LogP contribution is 2.05. The van der Waals surface area contributed by atoms with Crippen molar-refractivity contribution in [3.05, 3.63) is 17.8 Å². The second kappa shape index (κ2) is 3.79. The lowest BCUT2D eigenvalue weighted by Gasteiger charge is -2.18. The first-order valence-corrected chi connectivity index (χ1v) is 4.31. The molecule has 0 unspecified atom stereocenters. The quantitative estimate of drug-likeness (QED) is 0.764. The molecule has 0 radical (unpaired) electrons. The van der Waals surface area contributed by atoms with Gasteiger partial charge < -0.3 is 14.8 Å². The predicted octanol–water partition coefficient (Wildman–Crippen LogP) is 1.26. The summed E-state index contributed by atoms with van der Waals surface area (Å²) in [6, 6.07) is 0. The van der Waals surface area contributed by atoms with Gasteiger partial charge in [0.05, 0.1) is 12.7 Å². The van der Waals surface area contributed by atoms with E-state index in [0.29, 0.717) is 12.4 Å². The molecular weight excluding hydrogens is 184 g/mol. The summed E-state index contributed by atoms with van der Waals surface area (Å²) in [5.41, 5.74) is -0.0438. The maximum atomic E-state index is 10.5. The van der Waals surface area contributed by atoms with E-state index >= 15 is 0 Å². The number of hydrogen-bond donors (Lipinski definition) is 2. The minimum absolute atomic E-state index is 0.0438. The minimum atomic E-state index is -1.10. The van der Waals surface area contributed by atoms with E-state index in [4.69, 9.17) is 9.52 Å². The van der Waals surface area contributed by atoms with Crippen LogP contribution in [0, 0.1) is 0 Å². The van der Waals surface area contributed by atoms with E-state index < -0.39 is 5.97 Å². The van der Waals surface area contributed by atoms with Gasteiger partial charge in [0.2, 0.25) is 11.7 Å². The molecule has 1 aromatic heterocycles. The van der Waals surface area contributed by atoms with Gasteiger partial charge in [-0.15, -0.1) is 0 Å². The third kappa shape index (κ3) is 3.18. The van der Waals surface area contributed by atoms with Crippen molar-refractivity contribution in [1.82, 2.24) is 10.3 Å². The molecule has 5 heteroatoms. The van der Waals surface area contributed by atoms with E-state index in [-0.39, 0.29) is 11.3 Å². The Kier molecular flexibility index (Phi) is 2.90. The fourth-order valence-electron chi connectivity index (χ4n) is 0.832. The van der Waals surface area contributed by atoms with Gasteiger partial charge in [0, 0.05) is 5.54 Å². The number of nitrogens with one attached hydrogen (secondary N) is 1. The highest BCUT2D eigenvalue weighted by molar-refractivity contribution is 5.83. The summed E-state index contributed by atoms with van der Waals surface area (Å²) in [6.45, 7) is 6.45. The topological polar surface area (TPSA) is 75.4 Å². The van der Waals surface area contributed by atoms with Crippen molar-refractivity contribution in [1.29, 1.82) is 0 Å². The Morgan fingerprint density at radius 3 is 2.71 bits per heavy atom. The molecule has 0 saturated heterocycles. The van der Waals surface area contributed by atoms with Crippen LogP contribution in [0.2, 0.25) is 0 Å². The molecule has 1 aromatic rings. The average molecular weight is 198 g/mol. The lowest BCUT2D eigenvalue weighted by molar-refractivity contribution is 0.0660. The Bertz CT molecular complexity index is 325. The summed E-state index contributed by atoms with van der Waals surface area (Å²) in [5.74, 6) is -0.840. The summed E-state index contributed by atoms with van der Waals surface area (Å²) >= 11 is 0. The molecule has 0 aliphatic carbocycles. The maximum Gasteiger partial charge on any atom is 0.373 e. The predicted molar refractivity (Wildman–Crippen MR) is 50.1 cm³/mol. The molecule has 0 saturated carbocycles. The smallest absolute Gasteiger partial charge is 0.373 e. The molecule has 14 heavy (non-hydrogen) atoms. The maximum absolute atomic E-state index is 10.5. The minimum Gasteiger partial charge on any atom is -0.475 e. The number of nitrogens with zero attached hydrogens (tertiary/aromatic N) is 1. The fourth-order valence-corrected chi connectivity index (χ4v) is 0.832. The van der Waals surface area contributed by atoms with Crippen molar-refractivity contribution in [2.45, 2.75) is 32.9 Å². The van der Waals surface area contributed by atoms with Gasteiger partial charge >= 0.3 is 5.97 Å². The van der Waals surface area contributed by atoms with Crippen molar-refractivity contribution in [2.75, 3.05) is 0 Å². The van der Waals surface area contributed by atoms with Gasteiger partial charge in [0.15, 0.2) is 0 Å². The number of hydrogen-bond acceptors (Lipinski definition) is 4. The fraction of sp³-hybridized carbons (Fsp3) is 0.556. The van der Waals surface area contributed by atoms with Crippen LogP contribution in [0.4, 0.5) is 0 Å². The Hall–Kier alpha value is -1.36. The SMILES string of the molecule is CC(C)(C)NCc1ncc(C(=O)O)o1. The summed E-state index contributed by atoms with van der Waals surface area (Å²) in [4.78, 5) is 14.3. The van der Waals surface area contributed by atoms with Crippen molar-refractivity contribution in [3.8, 4) is 0 Å². The Balaban J connectivity index is 2.56. The first kappa shape index (κ1) is 10.7. The Morgan fingerprint density at radius 1 is 1.64 bits per heavy atom. The second-order valence-corrected chi connectivity index (χ2v) is 4.03. The van der Waals surface area contributed by atoms with Crippen LogP contribution >= 0.6 is 0 Å². The van der Waals surface area contributed by atoms with Crippen LogP contribution in [-0.4, -0.2) is 21.6 Å². The van der Waals surface area contributed by atoms with Crippen LogP contribution in [0.1, 0.15) is 37.2 Å². The molecule has 0 spiro atoms. The number of carboxylic acids is 1. The molecule has 1 heterocycles. The van der Waals surface area contributed by atoms with Crippen molar-refractivity contribution in [3.63, 3.8) is 0 Å². The van der Waals surface area contributed by atoms with E-state index in [9.17, 15) is 4.79 Å². The molecule has 0 aliphatic heterocycles. The molecule has 78 valence electrons. The van der Waals surface area contributed by atoms with Crippen LogP contribution in [0.5, 0.6) is 0 Å². The van der Waals surface area contributed by atoms with Crippen LogP contribution in [0.25, 0.3) is 0 Å². The van der Waals surface area contributed by atoms with Gasteiger partial charge in [-0.3, -0.25) is 0 Å². The summed E-state index contributed by atoms with van der Waals surface area (Å²) in [5, 5.41) is 11.7. The number of aromatic nitrogens is 1. The van der Waals surface area contributed by atoms with Crippen LogP contribution in [0.3, 0.4) is 0 Å². The van der Waals surface area contributed by atoms with Gasteiger partial charge in [-0.1, -0.05) is 0 Å². The summed E-state index contributed by atoms with van der Waals surface area (Å²) in [7, 11) is 0. The lowest BCUT2D eigenvalue weighted by atomic mass is 10.1. The summed E-state index contributed by atoms with van der Waals surface area (Å²) in [6.07, 6.45) is 1.21. The van der Waals surface area contributed by atoms with Crippen molar-refractivity contribution < 1.29 is 14.3 Å². The zero-order valence-corrected chi connectivity index (χ0v) is 8.50. The first-order valence-electron chi connectivity index (χ1n) is 4.31. The molecule has 0 aliphatic rings.